The van der Waals surface area contributed by atoms with Gasteiger partial charge in [0.1, 0.15) is 10.7 Å². The van der Waals surface area contributed by atoms with Gasteiger partial charge in [-0.2, -0.15) is 0 Å². The molecule has 5 nitrogen and oxygen atoms in total. The van der Waals surface area contributed by atoms with E-state index in [1.54, 1.807) is 12.3 Å². The molecule has 7 heteroatoms. The van der Waals surface area contributed by atoms with Crippen LogP contribution < -0.4 is 10.0 Å². The van der Waals surface area contributed by atoms with Crippen molar-refractivity contribution in [3.05, 3.63) is 16.7 Å². The number of nitrogens with zero attached hydrogens (tertiary/aromatic N) is 1. The number of pyridine rings is 1. The molecule has 19 heavy (non-hydrogen) atoms. The molecule has 1 aliphatic carbocycles. The zero-order valence-corrected chi connectivity index (χ0v) is 13.2. The van der Waals surface area contributed by atoms with Gasteiger partial charge in [0.05, 0.1) is 0 Å². The lowest BCUT2D eigenvalue weighted by atomic mass is 10.4. The van der Waals surface area contributed by atoms with Gasteiger partial charge in [-0.05, 0) is 47.2 Å². The van der Waals surface area contributed by atoms with Gasteiger partial charge >= 0.3 is 0 Å². The van der Waals surface area contributed by atoms with Gasteiger partial charge in [-0.3, -0.25) is 0 Å². The predicted molar refractivity (Wildman–Crippen MR) is 78.6 cm³/mol. The molecular formula is C12H18BrN3O2S. The first-order chi connectivity index (χ1) is 9.03. The van der Waals surface area contributed by atoms with Crippen molar-refractivity contribution in [2.45, 2.75) is 31.1 Å². The summed E-state index contributed by atoms with van der Waals surface area (Å²) in [5.74, 6) is 0.912. The third-order valence-corrected chi connectivity index (χ3v) is 4.78. The molecule has 1 saturated carbocycles. The normalized spacial score (nSPS) is 15.5. The van der Waals surface area contributed by atoms with E-state index in [0.717, 1.165) is 19.3 Å². The summed E-state index contributed by atoms with van der Waals surface area (Å²) in [5.41, 5.74) is 0. The molecule has 1 fully saturated rings. The second-order valence-corrected chi connectivity index (χ2v) is 7.37. The number of hydrogen-bond acceptors (Lipinski definition) is 4. The van der Waals surface area contributed by atoms with Crippen LogP contribution in [0, 0.1) is 5.92 Å². The largest absolute Gasteiger partial charge is 0.369 e. The lowest BCUT2D eigenvalue weighted by molar-refractivity contribution is 0.577. The summed E-state index contributed by atoms with van der Waals surface area (Å²) in [6.45, 7) is 3.23. The van der Waals surface area contributed by atoms with Crippen molar-refractivity contribution in [3.63, 3.8) is 0 Å². The Hall–Kier alpha value is -0.660. The molecule has 1 aromatic heterocycles. The van der Waals surface area contributed by atoms with E-state index >= 15 is 0 Å². The number of nitrogens with one attached hydrogen (secondary N) is 2. The Bertz CT molecular complexity index is 544. The van der Waals surface area contributed by atoms with Crippen LogP contribution in [0.25, 0.3) is 0 Å². The highest BCUT2D eigenvalue weighted by Crippen LogP contribution is 2.29. The molecule has 0 amide bonds. The zero-order chi connectivity index (χ0) is 13.9. The number of rotatable bonds is 7. The maximum Gasteiger partial charge on any atom is 0.244 e. The van der Waals surface area contributed by atoms with Crippen molar-refractivity contribution in [3.8, 4) is 0 Å². The van der Waals surface area contributed by atoms with Crippen molar-refractivity contribution >= 4 is 31.8 Å². The molecule has 0 aromatic carbocycles. The second kappa shape index (κ2) is 6.19. The first-order valence-electron chi connectivity index (χ1n) is 6.42. The number of hydrogen-bond donors (Lipinski definition) is 2. The Morgan fingerprint density at radius 3 is 2.84 bits per heavy atom. The van der Waals surface area contributed by atoms with Crippen LogP contribution in [-0.2, 0) is 10.0 Å². The summed E-state index contributed by atoms with van der Waals surface area (Å²) >= 11 is 3.27. The van der Waals surface area contributed by atoms with Gasteiger partial charge in [0.25, 0.3) is 0 Å². The van der Waals surface area contributed by atoms with Gasteiger partial charge in [-0.15, -0.1) is 0 Å². The molecule has 0 bridgehead atoms. The summed E-state index contributed by atoms with van der Waals surface area (Å²) in [4.78, 5) is 4.35. The minimum absolute atomic E-state index is 0.205. The van der Waals surface area contributed by atoms with E-state index < -0.39 is 10.0 Å². The van der Waals surface area contributed by atoms with Crippen molar-refractivity contribution < 1.29 is 8.42 Å². The third kappa shape index (κ3) is 4.15. The summed E-state index contributed by atoms with van der Waals surface area (Å²) in [7, 11) is -3.50. The topological polar surface area (TPSA) is 71.1 Å². The molecule has 1 aromatic rings. The third-order valence-electron chi connectivity index (χ3n) is 2.91. The average molecular weight is 348 g/mol. The van der Waals surface area contributed by atoms with E-state index in [1.807, 2.05) is 6.92 Å². The average Bonchev–Trinajstić information content (AvgIpc) is 3.19. The fraction of sp³-hybridized carbons (Fsp3) is 0.583. The molecule has 0 spiro atoms. The molecule has 0 atom stereocenters. The van der Waals surface area contributed by atoms with Crippen LogP contribution in [0.1, 0.15) is 26.2 Å². The van der Waals surface area contributed by atoms with Crippen molar-refractivity contribution in [2.75, 3.05) is 18.4 Å². The maximum atomic E-state index is 12.3. The van der Waals surface area contributed by atoms with Gasteiger partial charge in [0.15, 0.2) is 0 Å². The van der Waals surface area contributed by atoms with Gasteiger partial charge < -0.3 is 5.32 Å². The van der Waals surface area contributed by atoms with Crippen molar-refractivity contribution in [2.24, 2.45) is 5.92 Å². The van der Waals surface area contributed by atoms with E-state index in [0.29, 0.717) is 29.3 Å². The summed E-state index contributed by atoms with van der Waals surface area (Å²) < 4.78 is 27.9. The van der Waals surface area contributed by atoms with Gasteiger partial charge in [0.2, 0.25) is 10.0 Å². The monoisotopic (exact) mass is 347 g/mol. The molecule has 1 aliphatic rings. The van der Waals surface area contributed by atoms with Crippen molar-refractivity contribution in [1.29, 1.82) is 0 Å². The SMILES string of the molecule is CCCNc1ncc(Br)cc1S(=O)(=O)NCC1CC1. The highest BCUT2D eigenvalue weighted by atomic mass is 79.9. The quantitative estimate of drug-likeness (QED) is 0.794. The fourth-order valence-corrected chi connectivity index (χ4v) is 3.38. The van der Waals surface area contributed by atoms with E-state index in [1.165, 1.54) is 0 Å². The first kappa shape index (κ1) is 14.7. The number of sulfonamides is 1. The van der Waals surface area contributed by atoms with Crippen LogP contribution in [0.5, 0.6) is 0 Å². The molecule has 2 rings (SSSR count). The molecule has 0 saturated heterocycles. The first-order valence-corrected chi connectivity index (χ1v) is 8.69. The van der Waals surface area contributed by atoms with Gasteiger partial charge in [0, 0.05) is 23.8 Å². The van der Waals surface area contributed by atoms with Crippen LogP contribution in [0.2, 0.25) is 0 Å². The lowest BCUT2D eigenvalue weighted by Crippen LogP contribution is -2.27. The van der Waals surface area contributed by atoms with E-state index in [9.17, 15) is 8.42 Å². The molecule has 0 unspecified atom stereocenters. The molecule has 106 valence electrons. The van der Waals surface area contributed by atoms with Crippen LogP contribution in [-0.4, -0.2) is 26.5 Å². The molecular weight excluding hydrogens is 330 g/mol. The van der Waals surface area contributed by atoms with Crippen LogP contribution in [0.15, 0.2) is 21.6 Å². The maximum absolute atomic E-state index is 12.3. The zero-order valence-electron chi connectivity index (χ0n) is 10.8. The Labute approximate surface area is 122 Å². The van der Waals surface area contributed by atoms with Crippen LogP contribution in [0.4, 0.5) is 5.82 Å². The van der Waals surface area contributed by atoms with Crippen molar-refractivity contribution in [1.82, 2.24) is 9.71 Å². The predicted octanol–water partition coefficient (Wildman–Crippen LogP) is 2.35. The molecule has 0 aliphatic heterocycles. The van der Waals surface area contributed by atoms with E-state index in [-0.39, 0.29) is 4.90 Å². The molecule has 2 N–H and O–H groups in total. The molecule has 0 radical (unpaired) electrons. The lowest BCUT2D eigenvalue weighted by Gasteiger charge is -2.12. The summed E-state index contributed by atoms with van der Waals surface area (Å²) in [6, 6.07) is 1.58. The Balaban J connectivity index is 2.21. The number of halogens is 1. The summed E-state index contributed by atoms with van der Waals surface area (Å²) in [5, 5.41) is 3.05. The highest BCUT2D eigenvalue weighted by molar-refractivity contribution is 9.10. The Morgan fingerprint density at radius 2 is 2.21 bits per heavy atom. The number of aromatic nitrogens is 1. The molecule has 1 heterocycles. The Kier molecular flexibility index (Phi) is 4.81. The van der Waals surface area contributed by atoms with Crippen LogP contribution >= 0.6 is 15.9 Å². The van der Waals surface area contributed by atoms with Gasteiger partial charge in [-0.25, -0.2) is 18.1 Å². The summed E-state index contributed by atoms with van der Waals surface area (Å²) in [6.07, 6.45) is 4.73. The smallest absolute Gasteiger partial charge is 0.244 e. The van der Waals surface area contributed by atoms with E-state index in [2.05, 4.69) is 31.0 Å². The minimum atomic E-state index is -3.50. The minimum Gasteiger partial charge on any atom is -0.369 e. The van der Waals surface area contributed by atoms with E-state index in [4.69, 9.17) is 0 Å². The van der Waals surface area contributed by atoms with Crippen LogP contribution in [0.3, 0.4) is 0 Å². The second-order valence-electron chi connectivity index (χ2n) is 4.72. The van der Waals surface area contributed by atoms with Gasteiger partial charge in [-0.1, -0.05) is 6.92 Å². The number of anilines is 1. The Morgan fingerprint density at radius 1 is 1.47 bits per heavy atom. The standard InChI is InChI=1S/C12H18BrN3O2S/c1-2-5-14-12-11(6-10(13)8-15-12)19(17,18)16-7-9-3-4-9/h6,8-9,16H,2-5,7H2,1H3,(H,14,15). The highest BCUT2D eigenvalue weighted by Gasteiger charge is 2.26. The fourth-order valence-electron chi connectivity index (χ4n) is 1.63.